The average molecular weight is 358 g/mol. The molecule has 0 aliphatic rings. The molecular formula is C18H16F2N4O2. The van der Waals surface area contributed by atoms with E-state index < -0.39 is 11.6 Å². The number of amides is 2. The standard InChI is InChI=1S/C18H16F2N4O2/c1-10(25)21-8-11-2-4-12(5-3-11)18(26)22-9-15-23-14-7-6-13(19)16(20)17(14)24-15/h2-7H,8-9H2,1H3,(H,21,25)(H,22,26)(H,23,24). The van der Waals surface area contributed by atoms with Crippen LogP contribution in [-0.2, 0) is 17.9 Å². The van der Waals surface area contributed by atoms with E-state index in [2.05, 4.69) is 20.6 Å². The molecule has 134 valence electrons. The van der Waals surface area contributed by atoms with Gasteiger partial charge in [-0.1, -0.05) is 12.1 Å². The maximum absolute atomic E-state index is 13.7. The fraction of sp³-hybridized carbons (Fsp3) is 0.167. The molecule has 3 rings (SSSR count). The van der Waals surface area contributed by atoms with E-state index in [0.29, 0.717) is 23.4 Å². The molecule has 8 heteroatoms. The molecule has 0 saturated carbocycles. The number of hydrogen-bond donors (Lipinski definition) is 3. The van der Waals surface area contributed by atoms with E-state index in [4.69, 9.17) is 0 Å². The summed E-state index contributed by atoms with van der Waals surface area (Å²) in [5, 5.41) is 5.33. The Labute approximate surface area is 147 Å². The summed E-state index contributed by atoms with van der Waals surface area (Å²) in [6.45, 7) is 1.86. The van der Waals surface area contributed by atoms with Crippen LogP contribution in [0.25, 0.3) is 11.0 Å². The fourth-order valence-electron chi connectivity index (χ4n) is 2.42. The molecule has 2 amide bonds. The molecule has 26 heavy (non-hydrogen) atoms. The Morgan fingerprint density at radius 3 is 2.46 bits per heavy atom. The topological polar surface area (TPSA) is 86.9 Å². The molecule has 0 aliphatic carbocycles. The molecule has 3 N–H and O–H groups in total. The number of aromatic nitrogens is 2. The summed E-state index contributed by atoms with van der Waals surface area (Å²) in [6.07, 6.45) is 0. The largest absolute Gasteiger partial charge is 0.352 e. The zero-order chi connectivity index (χ0) is 18.7. The van der Waals surface area contributed by atoms with E-state index in [1.54, 1.807) is 24.3 Å². The molecule has 1 aromatic heterocycles. The third-order valence-electron chi connectivity index (χ3n) is 3.77. The summed E-state index contributed by atoms with van der Waals surface area (Å²) in [5.74, 6) is -2.14. The summed E-state index contributed by atoms with van der Waals surface area (Å²) < 4.78 is 26.9. The second kappa shape index (κ2) is 7.30. The number of nitrogens with one attached hydrogen (secondary N) is 3. The van der Waals surface area contributed by atoms with Crippen molar-refractivity contribution < 1.29 is 18.4 Å². The van der Waals surface area contributed by atoms with Gasteiger partial charge >= 0.3 is 0 Å². The van der Waals surface area contributed by atoms with Gasteiger partial charge in [-0.15, -0.1) is 0 Å². The minimum Gasteiger partial charge on any atom is -0.352 e. The van der Waals surface area contributed by atoms with Gasteiger partial charge in [-0.2, -0.15) is 0 Å². The van der Waals surface area contributed by atoms with Gasteiger partial charge < -0.3 is 15.6 Å². The first-order valence-corrected chi connectivity index (χ1v) is 7.88. The lowest BCUT2D eigenvalue weighted by Gasteiger charge is -2.05. The minimum atomic E-state index is -1.02. The molecule has 0 fully saturated rings. The van der Waals surface area contributed by atoms with Gasteiger partial charge in [0.15, 0.2) is 11.6 Å². The van der Waals surface area contributed by atoms with Gasteiger partial charge in [0.2, 0.25) is 5.91 Å². The first kappa shape index (κ1) is 17.5. The maximum atomic E-state index is 13.7. The quantitative estimate of drug-likeness (QED) is 0.655. The zero-order valence-electron chi connectivity index (χ0n) is 13.9. The molecule has 0 aliphatic heterocycles. The second-order valence-electron chi connectivity index (χ2n) is 5.73. The predicted molar refractivity (Wildman–Crippen MR) is 91.1 cm³/mol. The molecule has 0 unspecified atom stereocenters. The Hall–Kier alpha value is -3.29. The van der Waals surface area contributed by atoms with Crippen molar-refractivity contribution in [1.29, 1.82) is 0 Å². The van der Waals surface area contributed by atoms with Crippen molar-refractivity contribution in [3.63, 3.8) is 0 Å². The minimum absolute atomic E-state index is 0.0439. The number of carbonyl (C=O) groups excluding carboxylic acids is 2. The van der Waals surface area contributed by atoms with E-state index in [1.807, 2.05) is 0 Å². The van der Waals surface area contributed by atoms with Crippen LogP contribution >= 0.6 is 0 Å². The highest BCUT2D eigenvalue weighted by atomic mass is 19.2. The number of rotatable bonds is 5. The van der Waals surface area contributed by atoms with Gasteiger partial charge in [0.25, 0.3) is 5.91 Å². The summed E-state index contributed by atoms with van der Waals surface area (Å²) in [6, 6.07) is 9.16. The monoisotopic (exact) mass is 358 g/mol. The third-order valence-corrected chi connectivity index (χ3v) is 3.77. The normalized spacial score (nSPS) is 10.7. The fourth-order valence-corrected chi connectivity index (χ4v) is 2.42. The number of fused-ring (bicyclic) bond motifs is 1. The summed E-state index contributed by atoms with van der Waals surface area (Å²) in [4.78, 5) is 29.9. The van der Waals surface area contributed by atoms with E-state index in [-0.39, 0.29) is 23.9 Å². The third kappa shape index (κ3) is 3.85. The van der Waals surface area contributed by atoms with Crippen molar-refractivity contribution in [1.82, 2.24) is 20.6 Å². The second-order valence-corrected chi connectivity index (χ2v) is 5.73. The zero-order valence-corrected chi connectivity index (χ0v) is 13.9. The lowest BCUT2D eigenvalue weighted by atomic mass is 10.1. The first-order chi connectivity index (χ1) is 12.4. The summed E-state index contributed by atoms with van der Waals surface area (Å²) >= 11 is 0. The van der Waals surface area contributed by atoms with Gasteiger partial charge in [-0.25, -0.2) is 13.8 Å². The molecule has 1 heterocycles. The van der Waals surface area contributed by atoms with Crippen molar-refractivity contribution in [2.24, 2.45) is 0 Å². The number of halogens is 2. The van der Waals surface area contributed by atoms with Crippen LogP contribution in [0, 0.1) is 11.6 Å². The number of benzene rings is 2. The summed E-state index contributed by atoms with van der Waals surface area (Å²) in [7, 11) is 0. The van der Waals surface area contributed by atoms with Gasteiger partial charge in [-0.3, -0.25) is 9.59 Å². The van der Waals surface area contributed by atoms with Crippen molar-refractivity contribution in [3.05, 3.63) is 65.0 Å². The number of imidazole rings is 1. The van der Waals surface area contributed by atoms with E-state index in [9.17, 15) is 18.4 Å². The number of aromatic amines is 1. The molecule has 0 spiro atoms. The maximum Gasteiger partial charge on any atom is 0.251 e. The Kier molecular flexibility index (Phi) is 4.92. The highest BCUT2D eigenvalue weighted by molar-refractivity contribution is 5.94. The molecule has 3 aromatic rings. The predicted octanol–water partition coefficient (Wildman–Crippen LogP) is 2.41. The molecule has 2 aromatic carbocycles. The van der Waals surface area contributed by atoms with Crippen molar-refractivity contribution in [3.8, 4) is 0 Å². The van der Waals surface area contributed by atoms with E-state index >= 15 is 0 Å². The van der Waals surface area contributed by atoms with Crippen molar-refractivity contribution >= 4 is 22.8 Å². The van der Waals surface area contributed by atoms with Crippen LogP contribution in [-0.4, -0.2) is 21.8 Å². The average Bonchev–Trinajstić information content (AvgIpc) is 3.05. The number of H-pyrrole nitrogens is 1. The van der Waals surface area contributed by atoms with Crippen LogP contribution in [0.5, 0.6) is 0 Å². The molecule has 0 radical (unpaired) electrons. The van der Waals surface area contributed by atoms with Crippen LogP contribution in [0.4, 0.5) is 8.78 Å². The number of hydrogen-bond acceptors (Lipinski definition) is 3. The molecule has 0 atom stereocenters. The van der Waals surface area contributed by atoms with Crippen LogP contribution in [0.15, 0.2) is 36.4 Å². The van der Waals surface area contributed by atoms with E-state index in [1.165, 1.54) is 13.0 Å². The molecule has 6 nitrogen and oxygen atoms in total. The first-order valence-electron chi connectivity index (χ1n) is 7.88. The van der Waals surface area contributed by atoms with Crippen LogP contribution in [0.3, 0.4) is 0 Å². The van der Waals surface area contributed by atoms with Crippen LogP contribution < -0.4 is 10.6 Å². The van der Waals surface area contributed by atoms with E-state index in [0.717, 1.165) is 11.6 Å². The SMILES string of the molecule is CC(=O)NCc1ccc(C(=O)NCc2nc3c(F)c(F)ccc3[nH]2)cc1. The van der Waals surface area contributed by atoms with Gasteiger partial charge in [0.1, 0.15) is 11.3 Å². The smallest absolute Gasteiger partial charge is 0.251 e. The van der Waals surface area contributed by atoms with Gasteiger partial charge in [0, 0.05) is 19.0 Å². The van der Waals surface area contributed by atoms with Crippen LogP contribution in [0.2, 0.25) is 0 Å². The highest BCUT2D eigenvalue weighted by Gasteiger charge is 2.13. The van der Waals surface area contributed by atoms with Gasteiger partial charge in [-0.05, 0) is 29.8 Å². The Morgan fingerprint density at radius 2 is 1.77 bits per heavy atom. The Balaban J connectivity index is 1.63. The highest BCUT2D eigenvalue weighted by Crippen LogP contribution is 2.18. The Morgan fingerprint density at radius 1 is 1.04 bits per heavy atom. The van der Waals surface area contributed by atoms with Crippen LogP contribution in [0.1, 0.15) is 28.7 Å². The lowest BCUT2D eigenvalue weighted by Crippen LogP contribution is -2.23. The number of carbonyl (C=O) groups is 2. The molecular weight excluding hydrogens is 342 g/mol. The van der Waals surface area contributed by atoms with Crippen molar-refractivity contribution in [2.45, 2.75) is 20.0 Å². The lowest BCUT2D eigenvalue weighted by molar-refractivity contribution is -0.119. The Bertz CT molecular complexity index is 967. The molecule has 0 saturated heterocycles. The van der Waals surface area contributed by atoms with Gasteiger partial charge in [0.05, 0.1) is 12.1 Å². The molecule has 0 bridgehead atoms. The number of nitrogens with zero attached hydrogens (tertiary/aromatic N) is 1. The summed E-state index contributed by atoms with van der Waals surface area (Å²) in [5.41, 5.74) is 1.56. The van der Waals surface area contributed by atoms with Crippen molar-refractivity contribution in [2.75, 3.05) is 0 Å².